The largest absolute Gasteiger partial charge is 0.375 e. The van der Waals surface area contributed by atoms with Crippen LogP contribution in [0, 0.1) is 0 Å². The third kappa shape index (κ3) is 7.66. The normalized spacial score (nSPS) is 24.4. The summed E-state index contributed by atoms with van der Waals surface area (Å²) in [6.07, 6.45) is 20.9. The smallest absolute Gasteiger partial charge is 0.246 e. The van der Waals surface area contributed by atoms with Crippen molar-refractivity contribution in [3.63, 3.8) is 0 Å². The quantitative estimate of drug-likeness (QED) is 0.241. The molecular formula is C22H41NO3. The van der Waals surface area contributed by atoms with E-state index in [1.807, 2.05) is 0 Å². The number of hydrogen-bond donors (Lipinski definition) is 0. The van der Waals surface area contributed by atoms with Gasteiger partial charge < -0.3 is 4.74 Å². The fourth-order valence-electron chi connectivity index (χ4n) is 3.97. The monoisotopic (exact) mass is 367 g/mol. The van der Waals surface area contributed by atoms with E-state index in [1.165, 1.54) is 89.9 Å². The average molecular weight is 368 g/mol. The van der Waals surface area contributed by atoms with Gasteiger partial charge in [-0.1, -0.05) is 96.8 Å². The van der Waals surface area contributed by atoms with Crippen molar-refractivity contribution in [1.82, 2.24) is 5.06 Å². The first-order chi connectivity index (χ1) is 12.8. The summed E-state index contributed by atoms with van der Waals surface area (Å²) in [7, 11) is 0. The van der Waals surface area contributed by atoms with E-state index in [4.69, 9.17) is 9.57 Å². The molecule has 0 bridgehead atoms. The van der Waals surface area contributed by atoms with Gasteiger partial charge in [0.2, 0.25) is 5.72 Å². The molecule has 0 amide bonds. The van der Waals surface area contributed by atoms with Crippen LogP contribution in [-0.4, -0.2) is 36.3 Å². The van der Waals surface area contributed by atoms with Gasteiger partial charge in [-0.25, -0.2) is 0 Å². The van der Waals surface area contributed by atoms with Crippen LogP contribution in [0.25, 0.3) is 0 Å². The van der Waals surface area contributed by atoms with Crippen LogP contribution in [0.5, 0.6) is 0 Å². The van der Waals surface area contributed by atoms with Gasteiger partial charge in [0.1, 0.15) is 6.61 Å². The minimum Gasteiger partial charge on any atom is -0.375 e. The molecule has 4 heteroatoms. The molecule has 152 valence electrons. The lowest BCUT2D eigenvalue weighted by Crippen LogP contribution is -2.39. The second kappa shape index (κ2) is 12.9. The molecule has 26 heavy (non-hydrogen) atoms. The Labute approximate surface area is 160 Å². The Hall–Kier alpha value is -0.450. The summed E-state index contributed by atoms with van der Waals surface area (Å²) < 4.78 is 5.39. The standard InChI is InChI=1S/C22H41NO3/c1-2-3-4-5-6-7-8-9-10-11-12-13-14-15-16-17-21(24)22-20-25-19-18-23(22)26-22/h2-20H2,1H3. The van der Waals surface area contributed by atoms with Crippen LogP contribution in [-0.2, 0) is 14.4 Å². The van der Waals surface area contributed by atoms with Crippen LogP contribution < -0.4 is 0 Å². The summed E-state index contributed by atoms with van der Waals surface area (Å²) in [5.74, 6) is 0.215. The van der Waals surface area contributed by atoms with Gasteiger partial charge in [0.25, 0.3) is 0 Å². The number of unbranched alkanes of at least 4 members (excludes halogenated alkanes) is 14. The fraction of sp³-hybridized carbons (Fsp3) is 0.955. The highest BCUT2D eigenvalue weighted by molar-refractivity contribution is 5.88. The maximum Gasteiger partial charge on any atom is 0.246 e. The van der Waals surface area contributed by atoms with Crippen LogP contribution >= 0.6 is 0 Å². The zero-order valence-corrected chi connectivity index (χ0v) is 17.1. The predicted molar refractivity (Wildman–Crippen MR) is 106 cm³/mol. The summed E-state index contributed by atoms with van der Waals surface area (Å²) in [5, 5.41) is 1.80. The maximum atomic E-state index is 12.2. The lowest BCUT2D eigenvalue weighted by atomic mass is 10.0. The van der Waals surface area contributed by atoms with Crippen molar-refractivity contribution in [3.05, 3.63) is 0 Å². The van der Waals surface area contributed by atoms with Crippen LogP contribution in [0.2, 0.25) is 0 Å². The molecule has 2 aliphatic rings. The van der Waals surface area contributed by atoms with Gasteiger partial charge >= 0.3 is 0 Å². The van der Waals surface area contributed by atoms with E-state index in [1.54, 1.807) is 5.06 Å². The van der Waals surface area contributed by atoms with Crippen LogP contribution in [0.15, 0.2) is 0 Å². The molecule has 0 N–H and O–H groups in total. The van der Waals surface area contributed by atoms with Crippen LogP contribution in [0.1, 0.15) is 110 Å². The number of carbonyl (C=O) groups is 1. The Bertz CT molecular complexity index is 388. The highest BCUT2D eigenvalue weighted by Gasteiger charge is 2.62. The van der Waals surface area contributed by atoms with Gasteiger partial charge in [-0.3, -0.25) is 9.63 Å². The Morgan fingerprint density at radius 2 is 1.31 bits per heavy atom. The predicted octanol–water partition coefficient (Wildman–Crippen LogP) is 5.79. The second-order valence-electron chi connectivity index (χ2n) is 8.15. The minimum atomic E-state index is -0.686. The highest BCUT2D eigenvalue weighted by atomic mass is 16.9. The molecule has 0 aromatic rings. The summed E-state index contributed by atoms with van der Waals surface area (Å²) in [6, 6.07) is 0. The molecule has 2 heterocycles. The summed E-state index contributed by atoms with van der Waals surface area (Å²) >= 11 is 0. The fourth-order valence-corrected chi connectivity index (χ4v) is 3.97. The SMILES string of the molecule is CCCCCCCCCCCCCCCCCC(=O)C12COCCN1O2. The molecule has 2 rings (SSSR count). The molecule has 2 unspecified atom stereocenters. The number of hydrogen-bond acceptors (Lipinski definition) is 4. The Morgan fingerprint density at radius 3 is 1.81 bits per heavy atom. The number of ketones is 1. The maximum absolute atomic E-state index is 12.2. The third-order valence-electron chi connectivity index (χ3n) is 5.81. The summed E-state index contributed by atoms with van der Waals surface area (Å²) in [4.78, 5) is 17.7. The highest BCUT2D eigenvalue weighted by Crippen LogP contribution is 2.39. The average Bonchev–Trinajstić information content (AvgIpc) is 3.41. The molecule has 4 nitrogen and oxygen atoms in total. The molecular weight excluding hydrogens is 326 g/mol. The number of Topliss-reactive ketones (excluding diaryl/α,β-unsaturated/α-hetero) is 1. The van der Waals surface area contributed by atoms with Gasteiger partial charge in [0.15, 0.2) is 5.78 Å². The molecule has 2 fully saturated rings. The molecule has 2 atom stereocenters. The van der Waals surface area contributed by atoms with Crippen LogP contribution in [0.4, 0.5) is 0 Å². The zero-order valence-electron chi connectivity index (χ0n) is 17.1. The first-order valence-corrected chi connectivity index (χ1v) is 11.4. The Kier molecular flexibility index (Phi) is 10.8. The third-order valence-corrected chi connectivity index (χ3v) is 5.81. The number of nitrogens with zero attached hydrogens (tertiary/aromatic N) is 1. The van der Waals surface area contributed by atoms with Crippen molar-refractivity contribution in [2.75, 3.05) is 19.8 Å². The molecule has 0 aliphatic carbocycles. The van der Waals surface area contributed by atoms with E-state index < -0.39 is 5.72 Å². The number of rotatable bonds is 17. The van der Waals surface area contributed by atoms with E-state index in [-0.39, 0.29) is 5.78 Å². The Morgan fingerprint density at radius 1 is 0.808 bits per heavy atom. The molecule has 0 spiro atoms. The van der Waals surface area contributed by atoms with E-state index >= 15 is 0 Å². The second-order valence-corrected chi connectivity index (χ2v) is 8.15. The van der Waals surface area contributed by atoms with Crippen molar-refractivity contribution in [3.8, 4) is 0 Å². The zero-order chi connectivity index (χ0) is 18.5. The molecule has 0 aromatic carbocycles. The number of morpholine rings is 1. The van der Waals surface area contributed by atoms with E-state index in [0.717, 1.165) is 13.0 Å². The summed E-state index contributed by atoms with van der Waals surface area (Å²) in [6.45, 7) is 4.10. The lowest BCUT2D eigenvalue weighted by molar-refractivity contribution is -0.127. The van der Waals surface area contributed by atoms with Gasteiger partial charge in [0.05, 0.1) is 13.2 Å². The van der Waals surface area contributed by atoms with Gasteiger partial charge in [-0.05, 0) is 6.42 Å². The topological polar surface area (TPSA) is 41.8 Å². The van der Waals surface area contributed by atoms with E-state index in [0.29, 0.717) is 19.6 Å². The van der Waals surface area contributed by atoms with Crippen molar-refractivity contribution < 1.29 is 14.4 Å². The molecule has 2 aliphatic heterocycles. The van der Waals surface area contributed by atoms with Gasteiger partial charge in [0, 0.05) is 6.42 Å². The van der Waals surface area contributed by atoms with E-state index in [9.17, 15) is 4.79 Å². The van der Waals surface area contributed by atoms with Crippen molar-refractivity contribution in [1.29, 1.82) is 0 Å². The van der Waals surface area contributed by atoms with Crippen molar-refractivity contribution in [2.45, 2.75) is 115 Å². The van der Waals surface area contributed by atoms with Crippen molar-refractivity contribution in [2.24, 2.45) is 0 Å². The number of ether oxygens (including phenoxy) is 1. The number of carbonyl (C=O) groups excluding carboxylic acids is 1. The first-order valence-electron chi connectivity index (χ1n) is 11.4. The van der Waals surface area contributed by atoms with Gasteiger partial charge in [-0.15, -0.1) is 5.06 Å². The first kappa shape index (κ1) is 21.8. The lowest BCUT2D eigenvalue weighted by Gasteiger charge is -2.16. The van der Waals surface area contributed by atoms with Crippen LogP contribution in [0.3, 0.4) is 0 Å². The van der Waals surface area contributed by atoms with Gasteiger partial charge in [-0.2, -0.15) is 0 Å². The van der Waals surface area contributed by atoms with E-state index in [2.05, 4.69) is 6.92 Å². The molecule has 2 saturated heterocycles. The minimum absolute atomic E-state index is 0.215. The Balaban J connectivity index is 1.29. The number of hydroxylamine groups is 2. The van der Waals surface area contributed by atoms with Crippen molar-refractivity contribution >= 4 is 5.78 Å². The molecule has 0 radical (unpaired) electrons. The molecule has 0 aromatic heterocycles. The number of fused-ring (bicyclic) bond motifs is 1. The summed E-state index contributed by atoms with van der Waals surface area (Å²) in [5.41, 5.74) is -0.686. The molecule has 0 saturated carbocycles.